The first-order valence-corrected chi connectivity index (χ1v) is 7.62. The zero-order valence-corrected chi connectivity index (χ0v) is 13.5. The Labute approximate surface area is 135 Å². The second-order valence-corrected chi connectivity index (χ2v) is 5.61. The van der Waals surface area contributed by atoms with Crippen LogP contribution in [0.2, 0.25) is 0 Å². The average Bonchev–Trinajstić information content (AvgIpc) is 2.92. The van der Waals surface area contributed by atoms with E-state index in [-0.39, 0.29) is 25.0 Å². The number of benzene rings is 1. The summed E-state index contributed by atoms with van der Waals surface area (Å²) < 4.78 is 5.18. The van der Waals surface area contributed by atoms with Crippen LogP contribution in [-0.2, 0) is 4.79 Å². The minimum atomic E-state index is -0.773. The van der Waals surface area contributed by atoms with Crippen molar-refractivity contribution in [3.05, 3.63) is 24.3 Å². The summed E-state index contributed by atoms with van der Waals surface area (Å²) in [6, 6.07) is 6.76. The Bertz CT molecular complexity index is 564. The second-order valence-electron chi connectivity index (χ2n) is 5.61. The number of nitrogens with one attached hydrogen (secondary N) is 1. The SMILES string of the molecule is COc1ccccc1NC(=O)N(C)C[C@H](O)CN1CCCC1=O. The number of carbonyl (C=O) groups is 2. The van der Waals surface area contributed by atoms with Crippen molar-refractivity contribution in [2.45, 2.75) is 18.9 Å². The van der Waals surface area contributed by atoms with Crippen LogP contribution in [0.5, 0.6) is 5.75 Å². The van der Waals surface area contributed by atoms with Crippen LogP contribution < -0.4 is 10.1 Å². The molecule has 0 radical (unpaired) electrons. The van der Waals surface area contributed by atoms with E-state index in [0.717, 1.165) is 6.42 Å². The predicted molar refractivity (Wildman–Crippen MR) is 86.5 cm³/mol. The van der Waals surface area contributed by atoms with Gasteiger partial charge < -0.3 is 25.0 Å². The molecule has 1 aromatic carbocycles. The van der Waals surface area contributed by atoms with Gasteiger partial charge in [0.2, 0.25) is 5.91 Å². The van der Waals surface area contributed by atoms with Gasteiger partial charge in [-0.15, -0.1) is 0 Å². The number of hydrogen-bond donors (Lipinski definition) is 2. The van der Waals surface area contributed by atoms with Gasteiger partial charge in [0, 0.05) is 33.1 Å². The summed E-state index contributed by atoms with van der Waals surface area (Å²) in [5, 5.41) is 12.8. The van der Waals surface area contributed by atoms with Crippen molar-refractivity contribution >= 4 is 17.6 Å². The van der Waals surface area contributed by atoms with Crippen molar-refractivity contribution in [1.29, 1.82) is 0 Å². The Morgan fingerprint density at radius 1 is 1.48 bits per heavy atom. The van der Waals surface area contributed by atoms with Crippen LogP contribution in [0.3, 0.4) is 0 Å². The van der Waals surface area contributed by atoms with E-state index >= 15 is 0 Å². The number of likely N-dealkylation sites (tertiary alicyclic amines) is 1. The highest BCUT2D eigenvalue weighted by atomic mass is 16.5. The number of nitrogens with zero attached hydrogens (tertiary/aromatic N) is 2. The zero-order chi connectivity index (χ0) is 16.8. The summed E-state index contributed by atoms with van der Waals surface area (Å²) in [6.07, 6.45) is 0.595. The fourth-order valence-corrected chi connectivity index (χ4v) is 2.57. The highest BCUT2D eigenvalue weighted by Crippen LogP contribution is 2.23. The summed E-state index contributed by atoms with van der Waals surface area (Å²) in [7, 11) is 3.13. The molecule has 1 atom stereocenters. The van der Waals surface area contributed by atoms with Crippen molar-refractivity contribution in [3.8, 4) is 5.75 Å². The molecule has 0 aliphatic carbocycles. The van der Waals surface area contributed by atoms with Crippen LogP contribution in [0, 0.1) is 0 Å². The Kier molecular flexibility index (Phi) is 5.81. The van der Waals surface area contributed by atoms with Crippen LogP contribution >= 0.6 is 0 Å². The van der Waals surface area contributed by atoms with Gasteiger partial charge in [-0.2, -0.15) is 0 Å². The maximum Gasteiger partial charge on any atom is 0.321 e. The maximum atomic E-state index is 12.2. The van der Waals surface area contributed by atoms with Crippen molar-refractivity contribution in [2.75, 3.05) is 39.1 Å². The number of anilines is 1. The molecule has 7 heteroatoms. The summed E-state index contributed by atoms with van der Waals surface area (Å²) >= 11 is 0. The summed E-state index contributed by atoms with van der Waals surface area (Å²) in [5.41, 5.74) is 0.566. The monoisotopic (exact) mass is 321 g/mol. The van der Waals surface area contributed by atoms with E-state index < -0.39 is 6.10 Å². The van der Waals surface area contributed by atoms with Crippen molar-refractivity contribution < 1.29 is 19.4 Å². The van der Waals surface area contributed by atoms with E-state index in [9.17, 15) is 14.7 Å². The first-order chi connectivity index (χ1) is 11.0. The predicted octanol–water partition coefficient (Wildman–Crippen LogP) is 1.14. The van der Waals surface area contributed by atoms with Gasteiger partial charge in [-0.1, -0.05) is 12.1 Å². The van der Waals surface area contributed by atoms with Gasteiger partial charge in [-0.25, -0.2) is 4.79 Å². The van der Waals surface area contributed by atoms with E-state index in [2.05, 4.69) is 5.32 Å². The quantitative estimate of drug-likeness (QED) is 0.823. The number of rotatable bonds is 6. The number of methoxy groups -OCH3 is 1. The van der Waals surface area contributed by atoms with Gasteiger partial charge in [0.05, 0.1) is 18.9 Å². The molecule has 0 aromatic heterocycles. The molecule has 2 rings (SSSR count). The summed E-state index contributed by atoms with van der Waals surface area (Å²) in [6.45, 7) is 1.07. The molecule has 0 saturated carbocycles. The Balaban J connectivity index is 1.85. The molecule has 1 fully saturated rings. The standard InChI is InChI=1S/C16H23N3O4/c1-18(10-12(20)11-19-9-5-8-15(19)21)16(22)17-13-6-3-4-7-14(13)23-2/h3-4,6-7,12,20H,5,8-11H2,1-2H3,(H,17,22)/t12-/m0/s1. The van der Waals surface area contributed by atoms with Gasteiger partial charge in [-0.05, 0) is 18.6 Å². The molecular weight excluding hydrogens is 298 g/mol. The lowest BCUT2D eigenvalue weighted by Gasteiger charge is -2.25. The van der Waals surface area contributed by atoms with Gasteiger partial charge >= 0.3 is 6.03 Å². The molecule has 1 aliphatic rings. The summed E-state index contributed by atoms with van der Waals surface area (Å²) in [4.78, 5) is 26.8. The van der Waals surface area contributed by atoms with Crippen molar-refractivity contribution in [3.63, 3.8) is 0 Å². The number of para-hydroxylation sites is 2. The highest BCUT2D eigenvalue weighted by Gasteiger charge is 2.24. The average molecular weight is 321 g/mol. The van der Waals surface area contributed by atoms with Crippen LogP contribution in [0.25, 0.3) is 0 Å². The summed E-state index contributed by atoms with van der Waals surface area (Å²) in [5.74, 6) is 0.627. The molecule has 0 spiro atoms. The molecule has 3 amide bonds. The largest absolute Gasteiger partial charge is 0.495 e. The number of amides is 3. The fourth-order valence-electron chi connectivity index (χ4n) is 2.57. The first-order valence-electron chi connectivity index (χ1n) is 7.62. The van der Waals surface area contributed by atoms with Crippen molar-refractivity contribution in [2.24, 2.45) is 0 Å². The third-order valence-corrected chi connectivity index (χ3v) is 3.78. The number of hydrogen-bond acceptors (Lipinski definition) is 4. The number of urea groups is 1. The van der Waals surface area contributed by atoms with E-state index in [4.69, 9.17) is 4.74 Å². The Morgan fingerprint density at radius 2 is 2.22 bits per heavy atom. The lowest BCUT2D eigenvalue weighted by molar-refractivity contribution is -0.128. The van der Waals surface area contributed by atoms with E-state index in [1.54, 1.807) is 30.1 Å². The number of aliphatic hydroxyl groups is 1. The topological polar surface area (TPSA) is 82.1 Å². The molecule has 0 bridgehead atoms. The molecule has 0 unspecified atom stereocenters. The van der Waals surface area contributed by atoms with E-state index in [1.165, 1.54) is 12.0 Å². The third-order valence-electron chi connectivity index (χ3n) is 3.78. The van der Waals surface area contributed by atoms with Crippen LogP contribution in [0.1, 0.15) is 12.8 Å². The normalized spacial score (nSPS) is 15.4. The first kappa shape index (κ1) is 17.1. The third kappa shape index (κ3) is 4.59. The van der Waals surface area contributed by atoms with Crippen molar-refractivity contribution in [1.82, 2.24) is 9.80 Å². The molecule has 1 heterocycles. The molecule has 1 aliphatic heterocycles. The zero-order valence-electron chi connectivity index (χ0n) is 13.5. The highest BCUT2D eigenvalue weighted by molar-refractivity contribution is 5.90. The molecule has 1 saturated heterocycles. The molecule has 23 heavy (non-hydrogen) atoms. The van der Waals surface area contributed by atoms with Crippen LogP contribution in [0.4, 0.5) is 10.5 Å². The van der Waals surface area contributed by atoms with Gasteiger partial charge in [-0.3, -0.25) is 4.79 Å². The van der Waals surface area contributed by atoms with E-state index in [0.29, 0.717) is 24.4 Å². The van der Waals surface area contributed by atoms with Gasteiger partial charge in [0.25, 0.3) is 0 Å². The maximum absolute atomic E-state index is 12.2. The number of ether oxygens (including phenoxy) is 1. The minimum absolute atomic E-state index is 0.0603. The van der Waals surface area contributed by atoms with Gasteiger partial charge in [0.15, 0.2) is 0 Å². The second kappa shape index (κ2) is 7.82. The molecule has 126 valence electrons. The lowest BCUT2D eigenvalue weighted by atomic mass is 10.3. The van der Waals surface area contributed by atoms with Gasteiger partial charge in [0.1, 0.15) is 5.75 Å². The smallest absolute Gasteiger partial charge is 0.321 e. The Morgan fingerprint density at radius 3 is 2.87 bits per heavy atom. The number of β-amino-alcohol motifs (C(OH)–C–C–N with tert-alkyl or cyclic N) is 1. The number of aliphatic hydroxyl groups excluding tert-OH is 1. The van der Waals surface area contributed by atoms with Crippen LogP contribution in [-0.4, -0.2) is 66.7 Å². The number of likely N-dealkylation sites (N-methyl/N-ethyl adjacent to an activating group) is 1. The lowest BCUT2D eigenvalue weighted by Crippen LogP contribution is -2.42. The molecule has 7 nitrogen and oxygen atoms in total. The molecule has 1 aromatic rings. The molecular formula is C16H23N3O4. The minimum Gasteiger partial charge on any atom is -0.495 e. The number of carbonyl (C=O) groups excluding carboxylic acids is 2. The van der Waals surface area contributed by atoms with E-state index in [1.807, 2.05) is 6.07 Å². The Hall–Kier alpha value is -2.28. The molecule has 2 N–H and O–H groups in total. The fraction of sp³-hybridized carbons (Fsp3) is 0.500. The van der Waals surface area contributed by atoms with Crippen LogP contribution in [0.15, 0.2) is 24.3 Å².